The molecule has 146 valence electrons. The van der Waals surface area contributed by atoms with E-state index < -0.39 is 11.7 Å². The van der Waals surface area contributed by atoms with Crippen LogP contribution in [0.2, 0.25) is 0 Å². The Balaban J connectivity index is 1.53. The highest BCUT2D eigenvalue weighted by Gasteiger charge is 2.30. The number of carbonyl (C=O) groups is 1. The maximum atomic E-state index is 12.7. The molecular weight excluding hydrogens is 375 g/mol. The predicted molar refractivity (Wildman–Crippen MR) is 98.5 cm³/mol. The summed E-state index contributed by atoms with van der Waals surface area (Å²) in [6, 6.07) is 5.31. The Labute approximate surface area is 160 Å². The molecule has 3 rings (SSSR count). The van der Waals surface area contributed by atoms with E-state index in [-0.39, 0.29) is 5.91 Å². The molecule has 0 saturated carbocycles. The van der Waals surface area contributed by atoms with Crippen LogP contribution in [0.4, 0.5) is 13.2 Å². The Kier molecular flexibility index (Phi) is 6.16. The average molecular weight is 397 g/mol. The van der Waals surface area contributed by atoms with Crippen LogP contribution in [0.1, 0.15) is 28.2 Å². The first-order valence-electron chi connectivity index (χ1n) is 8.88. The van der Waals surface area contributed by atoms with Crippen LogP contribution in [0.5, 0.6) is 0 Å². The number of rotatable bonds is 4. The first-order valence-corrected chi connectivity index (χ1v) is 9.76. The van der Waals surface area contributed by atoms with Crippen molar-refractivity contribution in [1.29, 1.82) is 0 Å². The summed E-state index contributed by atoms with van der Waals surface area (Å²) in [6.07, 6.45) is -3.14. The molecule has 1 aromatic carbocycles. The molecular formula is C19H22F3N3OS. The van der Waals surface area contributed by atoms with Gasteiger partial charge in [0.25, 0.3) is 0 Å². The fourth-order valence-corrected chi connectivity index (χ4v) is 3.80. The monoisotopic (exact) mass is 397 g/mol. The summed E-state index contributed by atoms with van der Waals surface area (Å²) in [5, 5.41) is 2.87. The van der Waals surface area contributed by atoms with Crippen LogP contribution in [0.25, 0.3) is 0 Å². The molecule has 1 amide bonds. The summed E-state index contributed by atoms with van der Waals surface area (Å²) < 4.78 is 38.0. The van der Waals surface area contributed by atoms with Gasteiger partial charge in [0.2, 0.25) is 5.91 Å². The van der Waals surface area contributed by atoms with Crippen LogP contribution >= 0.6 is 11.3 Å². The van der Waals surface area contributed by atoms with Crippen LogP contribution in [0.15, 0.2) is 29.6 Å². The number of hydrogen-bond donors (Lipinski definition) is 0. The van der Waals surface area contributed by atoms with Crippen LogP contribution in [0, 0.1) is 6.92 Å². The van der Waals surface area contributed by atoms with Crippen LogP contribution in [-0.4, -0.2) is 46.9 Å². The minimum atomic E-state index is -4.31. The number of aryl methyl sites for hydroxylation is 1. The molecule has 1 aromatic heterocycles. The van der Waals surface area contributed by atoms with E-state index >= 15 is 0 Å². The molecule has 1 aliphatic rings. The molecule has 0 N–H and O–H groups in total. The van der Waals surface area contributed by atoms with E-state index in [1.807, 2.05) is 17.2 Å². The van der Waals surface area contributed by atoms with E-state index in [1.165, 1.54) is 12.1 Å². The third-order valence-electron chi connectivity index (χ3n) is 4.63. The molecule has 2 aromatic rings. The van der Waals surface area contributed by atoms with E-state index in [4.69, 9.17) is 0 Å². The van der Waals surface area contributed by atoms with Crippen molar-refractivity contribution in [2.24, 2.45) is 0 Å². The predicted octanol–water partition coefficient (Wildman–Crippen LogP) is 3.75. The molecule has 0 spiro atoms. The number of benzene rings is 1. The molecule has 0 aliphatic carbocycles. The van der Waals surface area contributed by atoms with Crippen molar-refractivity contribution in [2.45, 2.75) is 32.5 Å². The van der Waals surface area contributed by atoms with Crippen LogP contribution < -0.4 is 0 Å². The number of amides is 1. The zero-order chi connectivity index (χ0) is 19.4. The van der Waals surface area contributed by atoms with Gasteiger partial charge < -0.3 is 4.90 Å². The standard InChI is InChI=1S/C19H22F3N3OS/c1-14-23-17(13-27-14)11-18(26)25-8-2-7-24(9-10-25)12-15-3-5-16(6-4-15)19(20,21)22/h3-6,13H,2,7-12H2,1H3. The van der Waals surface area contributed by atoms with Crippen molar-refractivity contribution in [1.82, 2.24) is 14.8 Å². The first-order chi connectivity index (χ1) is 12.8. The third kappa shape index (κ3) is 5.52. The van der Waals surface area contributed by atoms with Crippen molar-refractivity contribution in [3.63, 3.8) is 0 Å². The second-order valence-electron chi connectivity index (χ2n) is 6.74. The summed E-state index contributed by atoms with van der Waals surface area (Å²) in [5.41, 5.74) is 1.03. The molecule has 4 nitrogen and oxygen atoms in total. The summed E-state index contributed by atoms with van der Waals surface area (Å²) in [6.45, 7) is 5.37. The molecule has 0 unspecified atom stereocenters. The largest absolute Gasteiger partial charge is 0.416 e. The number of hydrogen-bond acceptors (Lipinski definition) is 4. The van der Waals surface area contributed by atoms with Crippen molar-refractivity contribution in [2.75, 3.05) is 26.2 Å². The van der Waals surface area contributed by atoms with Gasteiger partial charge in [0.1, 0.15) is 0 Å². The fraction of sp³-hybridized carbons (Fsp3) is 0.474. The van der Waals surface area contributed by atoms with Crippen molar-refractivity contribution < 1.29 is 18.0 Å². The number of halogens is 3. The van der Waals surface area contributed by atoms with Crippen molar-refractivity contribution in [3.8, 4) is 0 Å². The molecule has 1 fully saturated rings. The summed E-state index contributed by atoms with van der Waals surface area (Å²) in [4.78, 5) is 20.9. The van der Waals surface area contributed by atoms with Gasteiger partial charge in [-0.25, -0.2) is 4.98 Å². The lowest BCUT2D eigenvalue weighted by Gasteiger charge is -2.22. The first kappa shape index (κ1) is 19.8. The van der Waals surface area contributed by atoms with E-state index in [2.05, 4.69) is 9.88 Å². The molecule has 8 heteroatoms. The quantitative estimate of drug-likeness (QED) is 0.789. The van der Waals surface area contributed by atoms with E-state index in [9.17, 15) is 18.0 Å². The fourth-order valence-electron chi connectivity index (χ4n) is 3.19. The van der Waals surface area contributed by atoms with Crippen molar-refractivity contribution >= 4 is 17.2 Å². The molecule has 1 aliphatic heterocycles. The third-order valence-corrected chi connectivity index (χ3v) is 5.45. The number of alkyl halides is 3. The lowest BCUT2D eigenvalue weighted by molar-refractivity contribution is -0.137. The minimum absolute atomic E-state index is 0.0803. The maximum absolute atomic E-state index is 12.7. The Morgan fingerprint density at radius 3 is 2.52 bits per heavy atom. The molecule has 1 saturated heterocycles. The van der Waals surface area contributed by atoms with Gasteiger partial charge in [0.05, 0.1) is 22.7 Å². The van der Waals surface area contributed by atoms with Crippen molar-refractivity contribution in [3.05, 3.63) is 51.5 Å². The normalized spacial score (nSPS) is 16.4. The van der Waals surface area contributed by atoms with E-state index in [0.717, 1.165) is 41.4 Å². The summed E-state index contributed by atoms with van der Waals surface area (Å²) in [7, 11) is 0. The number of carbonyl (C=O) groups excluding carboxylic acids is 1. The Hall–Kier alpha value is -1.93. The van der Waals surface area contributed by atoms with Gasteiger partial charge in [0.15, 0.2) is 0 Å². The summed E-state index contributed by atoms with van der Waals surface area (Å²) >= 11 is 1.54. The smallest absolute Gasteiger partial charge is 0.341 e. The molecule has 0 atom stereocenters. The highest BCUT2D eigenvalue weighted by Crippen LogP contribution is 2.29. The van der Waals surface area contributed by atoms with Gasteiger partial charge in [-0.2, -0.15) is 13.2 Å². The average Bonchev–Trinajstić information content (AvgIpc) is 2.88. The Morgan fingerprint density at radius 2 is 1.89 bits per heavy atom. The van der Waals surface area contributed by atoms with Gasteiger partial charge >= 0.3 is 6.18 Å². The second kappa shape index (κ2) is 8.39. The Morgan fingerprint density at radius 1 is 1.15 bits per heavy atom. The lowest BCUT2D eigenvalue weighted by Crippen LogP contribution is -2.36. The highest BCUT2D eigenvalue weighted by molar-refractivity contribution is 7.09. The van der Waals surface area contributed by atoms with Crippen LogP contribution in [-0.2, 0) is 23.9 Å². The zero-order valence-corrected chi connectivity index (χ0v) is 15.9. The highest BCUT2D eigenvalue weighted by atomic mass is 32.1. The topological polar surface area (TPSA) is 36.4 Å². The van der Waals surface area contributed by atoms with E-state index in [1.54, 1.807) is 11.3 Å². The maximum Gasteiger partial charge on any atom is 0.416 e. The summed E-state index contributed by atoms with van der Waals surface area (Å²) in [5.74, 6) is 0.0803. The molecule has 2 heterocycles. The lowest BCUT2D eigenvalue weighted by atomic mass is 10.1. The molecule has 0 bridgehead atoms. The minimum Gasteiger partial charge on any atom is -0.341 e. The Bertz CT molecular complexity index is 773. The van der Waals surface area contributed by atoms with E-state index in [0.29, 0.717) is 32.6 Å². The van der Waals surface area contributed by atoms with Gasteiger partial charge in [-0.3, -0.25) is 9.69 Å². The van der Waals surface area contributed by atoms with Gasteiger partial charge in [-0.05, 0) is 31.0 Å². The molecule has 0 radical (unpaired) electrons. The van der Waals surface area contributed by atoms with Gasteiger partial charge in [-0.15, -0.1) is 11.3 Å². The number of nitrogens with zero attached hydrogens (tertiary/aromatic N) is 3. The number of thiazole rings is 1. The van der Waals surface area contributed by atoms with Gasteiger partial charge in [-0.1, -0.05) is 12.1 Å². The zero-order valence-electron chi connectivity index (χ0n) is 15.1. The number of aromatic nitrogens is 1. The molecule has 27 heavy (non-hydrogen) atoms. The van der Waals surface area contributed by atoms with Crippen LogP contribution in [0.3, 0.4) is 0 Å². The SMILES string of the molecule is Cc1nc(CC(=O)N2CCCN(Cc3ccc(C(F)(F)F)cc3)CC2)cs1. The second-order valence-corrected chi connectivity index (χ2v) is 7.80. The van der Waals surface area contributed by atoms with Gasteiger partial charge in [0, 0.05) is 38.1 Å².